The van der Waals surface area contributed by atoms with Gasteiger partial charge >= 0.3 is 0 Å². The molecular weight excluding hydrogens is 402 g/mol. The monoisotopic (exact) mass is 417 g/mol. The average molecular weight is 417 g/mol. The van der Waals surface area contributed by atoms with Crippen molar-refractivity contribution < 1.29 is 14.5 Å². The second-order valence-corrected chi connectivity index (χ2v) is 7.35. The summed E-state index contributed by atoms with van der Waals surface area (Å²) in [4.78, 5) is 40.5. The number of imidazole rings is 1. The number of Topliss-reactive ketones (excluding diaryl/α,β-unsaturated/α-hetero) is 1. The summed E-state index contributed by atoms with van der Waals surface area (Å²) in [7, 11) is 0. The molecule has 7 nitrogen and oxygen atoms in total. The predicted molar refractivity (Wildman–Crippen MR) is 114 cm³/mol. The highest BCUT2D eigenvalue weighted by atomic mass is 32.2. The quantitative estimate of drug-likeness (QED) is 0.197. The fourth-order valence-corrected chi connectivity index (χ4v) is 3.89. The number of nitro benzene ring substituents is 1. The van der Waals surface area contributed by atoms with Crippen LogP contribution < -0.4 is 0 Å². The van der Waals surface area contributed by atoms with Crippen LogP contribution in [0.15, 0.2) is 84.0 Å². The molecule has 4 aromatic rings. The van der Waals surface area contributed by atoms with E-state index in [4.69, 9.17) is 0 Å². The molecule has 1 heterocycles. The Labute approximate surface area is 175 Å². The summed E-state index contributed by atoms with van der Waals surface area (Å²) in [5, 5.41) is 11.2. The van der Waals surface area contributed by atoms with Crippen LogP contribution >= 0.6 is 11.8 Å². The fraction of sp³-hybridized carbons (Fsp3) is 0.0455. The van der Waals surface area contributed by atoms with Gasteiger partial charge in [-0.3, -0.25) is 24.3 Å². The zero-order valence-corrected chi connectivity index (χ0v) is 16.4. The van der Waals surface area contributed by atoms with Crippen LogP contribution in [0.3, 0.4) is 0 Å². The summed E-state index contributed by atoms with van der Waals surface area (Å²) in [5.74, 6) is -0.390. The number of carbonyl (C=O) groups is 2. The van der Waals surface area contributed by atoms with Crippen LogP contribution in [0.2, 0.25) is 0 Å². The molecule has 0 N–H and O–H groups in total. The maximum absolute atomic E-state index is 13.1. The van der Waals surface area contributed by atoms with Gasteiger partial charge in [0.1, 0.15) is 0 Å². The number of benzene rings is 3. The second kappa shape index (κ2) is 8.30. The molecule has 1 aromatic heterocycles. The van der Waals surface area contributed by atoms with E-state index in [1.54, 1.807) is 24.3 Å². The zero-order chi connectivity index (χ0) is 21.1. The molecule has 0 radical (unpaired) electrons. The van der Waals surface area contributed by atoms with Gasteiger partial charge in [0, 0.05) is 23.3 Å². The molecule has 3 aromatic carbocycles. The number of aromatic nitrogens is 2. The number of hydrogen-bond acceptors (Lipinski definition) is 6. The average Bonchev–Trinajstić information content (AvgIpc) is 3.16. The van der Waals surface area contributed by atoms with E-state index in [2.05, 4.69) is 4.98 Å². The Morgan fingerprint density at radius 3 is 2.27 bits per heavy atom. The third kappa shape index (κ3) is 3.85. The van der Waals surface area contributed by atoms with Crippen LogP contribution in [0.1, 0.15) is 20.7 Å². The molecule has 0 fully saturated rings. The Bertz CT molecular complexity index is 1250. The summed E-state index contributed by atoms with van der Waals surface area (Å²) < 4.78 is 1.51. The molecule has 0 saturated carbocycles. The van der Waals surface area contributed by atoms with Crippen LogP contribution in [0.4, 0.5) is 5.69 Å². The van der Waals surface area contributed by atoms with Crippen LogP contribution in [-0.4, -0.2) is 31.9 Å². The number of hydrogen-bond donors (Lipinski definition) is 0. The van der Waals surface area contributed by atoms with Crippen LogP contribution in [0.5, 0.6) is 0 Å². The van der Waals surface area contributed by atoms with Gasteiger partial charge in [-0.1, -0.05) is 42.1 Å². The van der Waals surface area contributed by atoms with Crippen molar-refractivity contribution in [1.29, 1.82) is 0 Å². The van der Waals surface area contributed by atoms with Gasteiger partial charge in [0.05, 0.1) is 21.7 Å². The summed E-state index contributed by atoms with van der Waals surface area (Å²) >= 11 is 1.16. The number of rotatable bonds is 6. The summed E-state index contributed by atoms with van der Waals surface area (Å²) in [5.41, 5.74) is 2.13. The van der Waals surface area contributed by atoms with Gasteiger partial charge in [0.25, 0.3) is 11.6 Å². The first-order chi connectivity index (χ1) is 14.5. The number of thioether (sulfide) groups is 1. The number of fused-ring (bicyclic) bond motifs is 1. The number of nitrogens with zero attached hydrogens (tertiary/aromatic N) is 3. The topological polar surface area (TPSA) is 95.1 Å². The smallest absolute Gasteiger partial charge is 0.269 e. The van der Waals surface area contributed by atoms with E-state index in [0.717, 1.165) is 11.8 Å². The van der Waals surface area contributed by atoms with Gasteiger partial charge in [-0.25, -0.2) is 4.98 Å². The van der Waals surface area contributed by atoms with Gasteiger partial charge in [0.15, 0.2) is 10.9 Å². The SMILES string of the molecule is O=C(CSc1nc2ccccc2n1C(=O)c1ccccc1)c1ccc([N+](=O)[O-])cc1. The molecule has 0 amide bonds. The van der Waals surface area contributed by atoms with Gasteiger partial charge in [-0.15, -0.1) is 0 Å². The highest BCUT2D eigenvalue weighted by Gasteiger charge is 2.20. The van der Waals surface area contributed by atoms with Crippen molar-refractivity contribution in [2.24, 2.45) is 0 Å². The lowest BCUT2D eigenvalue weighted by molar-refractivity contribution is -0.384. The zero-order valence-electron chi connectivity index (χ0n) is 15.6. The van der Waals surface area contributed by atoms with Crippen molar-refractivity contribution in [3.8, 4) is 0 Å². The molecule has 0 aliphatic rings. The number of nitro groups is 1. The van der Waals surface area contributed by atoms with Gasteiger partial charge in [-0.05, 0) is 36.4 Å². The Morgan fingerprint density at radius 2 is 1.57 bits per heavy atom. The second-order valence-electron chi connectivity index (χ2n) is 6.41. The first-order valence-electron chi connectivity index (χ1n) is 9.02. The van der Waals surface area contributed by atoms with Crippen molar-refractivity contribution in [3.05, 3.63) is 100 Å². The molecule has 8 heteroatoms. The molecule has 148 valence electrons. The third-order valence-corrected chi connectivity index (χ3v) is 5.42. The molecule has 4 rings (SSSR count). The lowest BCUT2D eigenvalue weighted by Crippen LogP contribution is -2.14. The predicted octanol–water partition coefficient (Wildman–Crippen LogP) is 4.61. The number of ketones is 1. The van der Waals surface area contributed by atoms with E-state index in [1.807, 2.05) is 30.3 Å². The van der Waals surface area contributed by atoms with E-state index in [-0.39, 0.29) is 23.1 Å². The first-order valence-corrected chi connectivity index (χ1v) is 10.0. The number of non-ortho nitro benzene ring substituents is 1. The maximum Gasteiger partial charge on any atom is 0.269 e. The standard InChI is InChI=1S/C22H15N3O4S/c26-20(15-10-12-17(13-11-15)25(28)29)14-30-22-23-18-8-4-5-9-19(18)24(22)21(27)16-6-2-1-3-7-16/h1-13H,14H2. The highest BCUT2D eigenvalue weighted by Crippen LogP contribution is 2.26. The molecule has 30 heavy (non-hydrogen) atoms. The normalized spacial score (nSPS) is 10.8. The maximum atomic E-state index is 13.1. The van der Waals surface area contributed by atoms with Gasteiger partial charge < -0.3 is 0 Å². The summed E-state index contributed by atoms with van der Waals surface area (Å²) in [6, 6.07) is 21.6. The van der Waals surface area contributed by atoms with E-state index in [0.29, 0.717) is 27.3 Å². The van der Waals surface area contributed by atoms with Crippen molar-refractivity contribution in [1.82, 2.24) is 9.55 Å². The molecule has 0 unspecified atom stereocenters. The summed E-state index contributed by atoms with van der Waals surface area (Å²) in [6.45, 7) is 0. The summed E-state index contributed by atoms with van der Waals surface area (Å²) in [6.07, 6.45) is 0. The molecule has 0 aliphatic heterocycles. The van der Waals surface area contributed by atoms with Crippen LogP contribution in [-0.2, 0) is 0 Å². The Balaban J connectivity index is 1.62. The van der Waals surface area contributed by atoms with Crippen molar-refractivity contribution in [3.63, 3.8) is 0 Å². The Hall–Kier alpha value is -3.78. The van der Waals surface area contributed by atoms with Crippen molar-refractivity contribution >= 4 is 40.2 Å². The Kier molecular flexibility index (Phi) is 5.40. The fourth-order valence-electron chi connectivity index (χ4n) is 2.99. The molecule has 0 bridgehead atoms. The van der Waals surface area contributed by atoms with E-state index in [1.165, 1.54) is 28.8 Å². The van der Waals surface area contributed by atoms with Gasteiger partial charge in [-0.2, -0.15) is 0 Å². The number of para-hydroxylation sites is 2. The van der Waals surface area contributed by atoms with E-state index >= 15 is 0 Å². The van der Waals surface area contributed by atoms with Crippen molar-refractivity contribution in [2.45, 2.75) is 5.16 Å². The minimum absolute atomic E-state index is 0.0448. The molecule has 0 aliphatic carbocycles. The lowest BCUT2D eigenvalue weighted by atomic mass is 10.1. The minimum atomic E-state index is -0.513. The van der Waals surface area contributed by atoms with Crippen LogP contribution in [0.25, 0.3) is 11.0 Å². The largest absolute Gasteiger partial charge is 0.293 e. The molecule has 0 saturated heterocycles. The molecule has 0 spiro atoms. The molecular formula is C22H15N3O4S. The highest BCUT2D eigenvalue weighted by molar-refractivity contribution is 7.99. The third-order valence-electron chi connectivity index (χ3n) is 4.49. The first kappa shape index (κ1) is 19.5. The molecule has 0 atom stereocenters. The van der Waals surface area contributed by atoms with E-state index < -0.39 is 4.92 Å². The number of carbonyl (C=O) groups excluding carboxylic acids is 2. The van der Waals surface area contributed by atoms with Crippen molar-refractivity contribution in [2.75, 3.05) is 5.75 Å². The lowest BCUT2D eigenvalue weighted by Gasteiger charge is -2.07. The Morgan fingerprint density at radius 1 is 0.900 bits per heavy atom. The minimum Gasteiger partial charge on any atom is -0.293 e. The van der Waals surface area contributed by atoms with Crippen LogP contribution in [0, 0.1) is 10.1 Å². The van der Waals surface area contributed by atoms with E-state index in [9.17, 15) is 19.7 Å². The van der Waals surface area contributed by atoms with Gasteiger partial charge in [0.2, 0.25) is 0 Å².